The van der Waals surface area contributed by atoms with Crippen molar-refractivity contribution in [1.29, 1.82) is 5.26 Å². The van der Waals surface area contributed by atoms with E-state index in [9.17, 15) is 4.39 Å². The molecule has 0 saturated carbocycles. The van der Waals surface area contributed by atoms with Gasteiger partial charge in [-0.15, -0.1) is 0 Å². The van der Waals surface area contributed by atoms with Gasteiger partial charge in [-0.25, -0.2) is 9.37 Å². The van der Waals surface area contributed by atoms with E-state index < -0.39 is 0 Å². The number of nitrogens with zero attached hydrogens (tertiary/aromatic N) is 2. The lowest BCUT2D eigenvalue weighted by Crippen LogP contribution is -2.13. The third kappa shape index (κ3) is 3.68. The molecule has 0 aliphatic rings. The molecule has 0 radical (unpaired) electrons. The Labute approximate surface area is 110 Å². The molecule has 0 amide bonds. The van der Waals surface area contributed by atoms with Crippen molar-refractivity contribution in [3.63, 3.8) is 0 Å². The van der Waals surface area contributed by atoms with Gasteiger partial charge in [-0.2, -0.15) is 5.26 Å². The summed E-state index contributed by atoms with van der Waals surface area (Å²) in [6.45, 7) is 0.899. The highest BCUT2D eigenvalue weighted by atomic mass is 19.1. The lowest BCUT2D eigenvalue weighted by atomic mass is 10.3. The van der Waals surface area contributed by atoms with Crippen molar-refractivity contribution >= 4 is 5.82 Å². The van der Waals surface area contributed by atoms with Crippen LogP contribution in [-0.4, -0.2) is 18.1 Å². The first-order valence-corrected chi connectivity index (χ1v) is 5.77. The summed E-state index contributed by atoms with van der Waals surface area (Å²) in [5, 5.41) is 11.9. The molecule has 96 valence electrons. The van der Waals surface area contributed by atoms with Gasteiger partial charge in [0, 0.05) is 6.20 Å². The number of anilines is 1. The number of rotatable bonds is 5. The normalized spacial score (nSPS) is 9.68. The van der Waals surface area contributed by atoms with E-state index in [2.05, 4.69) is 16.4 Å². The molecule has 19 heavy (non-hydrogen) atoms. The average molecular weight is 257 g/mol. The van der Waals surface area contributed by atoms with Gasteiger partial charge in [-0.1, -0.05) is 0 Å². The quantitative estimate of drug-likeness (QED) is 0.836. The first-order valence-electron chi connectivity index (χ1n) is 5.77. The molecule has 0 unspecified atom stereocenters. The number of ether oxygens (including phenoxy) is 1. The van der Waals surface area contributed by atoms with Gasteiger partial charge in [0.25, 0.3) is 0 Å². The second-order valence-corrected chi connectivity index (χ2v) is 3.74. The van der Waals surface area contributed by atoms with Crippen LogP contribution in [0.2, 0.25) is 0 Å². The van der Waals surface area contributed by atoms with Crippen LogP contribution in [0.4, 0.5) is 10.2 Å². The summed E-state index contributed by atoms with van der Waals surface area (Å²) >= 11 is 0. The maximum atomic E-state index is 12.7. The first kappa shape index (κ1) is 12.8. The second kappa shape index (κ2) is 6.36. The molecule has 2 aromatic rings. The van der Waals surface area contributed by atoms with Crippen LogP contribution in [0, 0.1) is 17.1 Å². The molecular formula is C14H12FN3O. The summed E-state index contributed by atoms with van der Waals surface area (Å²) < 4.78 is 18.1. The molecule has 0 saturated heterocycles. The van der Waals surface area contributed by atoms with Gasteiger partial charge >= 0.3 is 0 Å². The number of hydrogen-bond acceptors (Lipinski definition) is 4. The fraction of sp³-hybridized carbons (Fsp3) is 0.143. The van der Waals surface area contributed by atoms with E-state index >= 15 is 0 Å². The number of hydrogen-bond donors (Lipinski definition) is 1. The Morgan fingerprint density at radius 3 is 2.79 bits per heavy atom. The van der Waals surface area contributed by atoms with Crippen molar-refractivity contribution in [3.05, 3.63) is 54.0 Å². The molecule has 0 bridgehead atoms. The van der Waals surface area contributed by atoms with E-state index in [4.69, 9.17) is 10.00 Å². The predicted octanol–water partition coefficient (Wildman–Crippen LogP) is 2.58. The average Bonchev–Trinajstić information content (AvgIpc) is 2.46. The van der Waals surface area contributed by atoms with E-state index in [0.717, 1.165) is 0 Å². The van der Waals surface area contributed by atoms with Crippen molar-refractivity contribution < 1.29 is 9.13 Å². The van der Waals surface area contributed by atoms with Crippen LogP contribution in [0.5, 0.6) is 5.75 Å². The minimum atomic E-state index is -0.294. The van der Waals surface area contributed by atoms with E-state index in [0.29, 0.717) is 30.3 Å². The number of pyridine rings is 1. The Hall–Kier alpha value is -2.61. The van der Waals surface area contributed by atoms with E-state index in [1.54, 1.807) is 30.5 Å². The van der Waals surface area contributed by atoms with Crippen molar-refractivity contribution in [2.24, 2.45) is 0 Å². The highest BCUT2D eigenvalue weighted by molar-refractivity contribution is 5.51. The smallest absolute Gasteiger partial charge is 0.144 e. The molecule has 0 aliphatic heterocycles. The summed E-state index contributed by atoms with van der Waals surface area (Å²) in [6, 6.07) is 11.3. The fourth-order valence-electron chi connectivity index (χ4n) is 1.51. The molecule has 0 aliphatic carbocycles. The summed E-state index contributed by atoms with van der Waals surface area (Å²) in [4.78, 5) is 4.07. The Morgan fingerprint density at radius 2 is 2.05 bits per heavy atom. The van der Waals surface area contributed by atoms with Gasteiger partial charge in [0.05, 0.1) is 12.1 Å². The van der Waals surface area contributed by atoms with Crippen molar-refractivity contribution in [2.45, 2.75) is 0 Å². The number of aromatic nitrogens is 1. The Kier molecular flexibility index (Phi) is 4.29. The van der Waals surface area contributed by atoms with Crippen LogP contribution in [0.3, 0.4) is 0 Å². The van der Waals surface area contributed by atoms with Gasteiger partial charge in [-0.05, 0) is 36.4 Å². The van der Waals surface area contributed by atoms with Gasteiger partial charge in [0.2, 0.25) is 0 Å². The lowest BCUT2D eigenvalue weighted by Gasteiger charge is -2.08. The monoisotopic (exact) mass is 257 g/mol. The van der Waals surface area contributed by atoms with E-state index in [1.165, 1.54) is 12.1 Å². The number of benzene rings is 1. The van der Waals surface area contributed by atoms with Crippen LogP contribution in [0.1, 0.15) is 5.56 Å². The maximum absolute atomic E-state index is 12.7. The first-order chi connectivity index (χ1) is 9.29. The van der Waals surface area contributed by atoms with Crippen molar-refractivity contribution in [2.75, 3.05) is 18.5 Å². The molecule has 1 aromatic heterocycles. The SMILES string of the molecule is N#Cc1cccnc1NCCOc1ccc(F)cc1. The minimum Gasteiger partial charge on any atom is -0.492 e. The summed E-state index contributed by atoms with van der Waals surface area (Å²) in [5.41, 5.74) is 0.490. The predicted molar refractivity (Wildman–Crippen MR) is 69.3 cm³/mol. The highest BCUT2D eigenvalue weighted by Gasteiger charge is 2.01. The minimum absolute atomic E-state index is 0.294. The number of nitriles is 1. The zero-order valence-corrected chi connectivity index (χ0v) is 10.1. The molecule has 1 N–H and O–H groups in total. The number of halogens is 1. The molecule has 0 fully saturated rings. The summed E-state index contributed by atoms with van der Waals surface area (Å²) in [5.74, 6) is 0.843. The molecule has 1 aromatic carbocycles. The zero-order valence-electron chi connectivity index (χ0n) is 10.1. The van der Waals surface area contributed by atoms with Gasteiger partial charge in [0.1, 0.15) is 30.1 Å². The van der Waals surface area contributed by atoms with E-state index in [1.807, 2.05) is 0 Å². The molecule has 0 atom stereocenters. The Balaban J connectivity index is 1.81. The maximum Gasteiger partial charge on any atom is 0.144 e. The second-order valence-electron chi connectivity index (χ2n) is 3.74. The van der Waals surface area contributed by atoms with Crippen molar-refractivity contribution in [3.8, 4) is 11.8 Å². The molecule has 0 spiro atoms. The molecule has 5 heteroatoms. The molecule has 2 rings (SSSR count). The molecule has 1 heterocycles. The standard InChI is InChI=1S/C14H12FN3O/c15-12-3-5-13(6-4-12)19-9-8-18-14-11(10-16)2-1-7-17-14/h1-7H,8-9H2,(H,17,18). The fourth-order valence-corrected chi connectivity index (χ4v) is 1.51. The Bertz CT molecular complexity index is 578. The van der Waals surface area contributed by atoms with E-state index in [-0.39, 0.29) is 5.82 Å². The highest BCUT2D eigenvalue weighted by Crippen LogP contribution is 2.11. The largest absolute Gasteiger partial charge is 0.492 e. The third-order valence-electron chi connectivity index (χ3n) is 2.41. The van der Waals surface area contributed by atoms with Gasteiger partial charge in [-0.3, -0.25) is 0 Å². The summed E-state index contributed by atoms with van der Waals surface area (Å²) in [6.07, 6.45) is 1.62. The number of nitrogens with one attached hydrogen (secondary N) is 1. The molecular weight excluding hydrogens is 245 g/mol. The van der Waals surface area contributed by atoms with Gasteiger partial charge in [0.15, 0.2) is 0 Å². The van der Waals surface area contributed by atoms with Gasteiger partial charge < -0.3 is 10.1 Å². The molecule has 4 nitrogen and oxygen atoms in total. The van der Waals surface area contributed by atoms with Crippen LogP contribution in [0.15, 0.2) is 42.6 Å². The Morgan fingerprint density at radius 1 is 1.26 bits per heavy atom. The van der Waals surface area contributed by atoms with Crippen LogP contribution < -0.4 is 10.1 Å². The van der Waals surface area contributed by atoms with Crippen molar-refractivity contribution in [1.82, 2.24) is 4.98 Å². The van der Waals surface area contributed by atoms with Crippen LogP contribution in [-0.2, 0) is 0 Å². The topological polar surface area (TPSA) is 57.9 Å². The van der Waals surface area contributed by atoms with Crippen LogP contribution in [0.25, 0.3) is 0 Å². The third-order valence-corrected chi connectivity index (χ3v) is 2.41. The van der Waals surface area contributed by atoms with Crippen LogP contribution >= 0.6 is 0 Å². The zero-order chi connectivity index (χ0) is 13.5. The lowest BCUT2D eigenvalue weighted by molar-refractivity contribution is 0.332. The summed E-state index contributed by atoms with van der Waals surface area (Å²) in [7, 11) is 0.